The highest BCUT2D eigenvalue weighted by molar-refractivity contribution is 14.1. The molecule has 0 aromatic heterocycles. The zero-order chi connectivity index (χ0) is 12.8. The second-order valence-electron chi connectivity index (χ2n) is 4.12. The highest BCUT2D eigenvalue weighted by Crippen LogP contribution is 2.09. The molecule has 1 atom stereocenters. The van der Waals surface area contributed by atoms with Crippen molar-refractivity contribution in [2.45, 2.75) is 24.3 Å². The summed E-state index contributed by atoms with van der Waals surface area (Å²) >= 11 is 2.09. The van der Waals surface area contributed by atoms with Gasteiger partial charge in [0.1, 0.15) is 3.92 Å². The SMILES string of the molecule is COC(=O)C(I)CNCc1cc(C)cc(C)c1. The largest absolute Gasteiger partial charge is 0.468 e. The Balaban J connectivity index is 2.43. The highest BCUT2D eigenvalue weighted by atomic mass is 127. The van der Waals surface area contributed by atoms with Gasteiger partial charge in [-0.25, -0.2) is 0 Å². The molecular formula is C13H18INO2. The summed E-state index contributed by atoms with van der Waals surface area (Å²) in [6.07, 6.45) is 0. The lowest BCUT2D eigenvalue weighted by molar-refractivity contribution is -0.139. The summed E-state index contributed by atoms with van der Waals surface area (Å²) < 4.78 is 4.53. The Labute approximate surface area is 116 Å². The van der Waals surface area contributed by atoms with Gasteiger partial charge in [0.2, 0.25) is 0 Å². The molecule has 17 heavy (non-hydrogen) atoms. The van der Waals surface area contributed by atoms with E-state index in [4.69, 9.17) is 0 Å². The molecule has 0 aliphatic rings. The Morgan fingerprint density at radius 3 is 2.47 bits per heavy atom. The van der Waals surface area contributed by atoms with Gasteiger partial charge in [0, 0.05) is 13.1 Å². The van der Waals surface area contributed by atoms with Gasteiger partial charge in [-0.1, -0.05) is 51.9 Å². The van der Waals surface area contributed by atoms with E-state index >= 15 is 0 Å². The van der Waals surface area contributed by atoms with Crippen LogP contribution in [0.5, 0.6) is 0 Å². The van der Waals surface area contributed by atoms with Crippen molar-refractivity contribution in [3.8, 4) is 0 Å². The standard InChI is InChI=1S/C13H18INO2/c1-9-4-10(2)6-11(5-9)7-15-8-12(14)13(16)17-3/h4-6,12,15H,7-8H2,1-3H3. The van der Waals surface area contributed by atoms with Gasteiger partial charge >= 0.3 is 5.97 Å². The van der Waals surface area contributed by atoms with Crippen molar-refractivity contribution in [1.82, 2.24) is 5.32 Å². The summed E-state index contributed by atoms with van der Waals surface area (Å²) in [6.45, 7) is 5.58. The smallest absolute Gasteiger partial charge is 0.319 e. The van der Waals surface area contributed by atoms with E-state index in [2.05, 4.69) is 64.7 Å². The molecule has 0 amide bonds. The van der Waals surface area contributed by atoms with Crippen LogP contribution in [0.4, 0.5) is 0 Å². The van der Waals surface area contributed by atoms with E-state index in [0.717, 1.165) is 6.54 Å². The molecule has 94 valence electrons. The molecule has 0 spiro atoms. The van der Waals surface area contributed by atoms with Crippen LogP contribution in [0.2, 0.25) is 0 Å². The van der Waals surface area contributed by atoms with Crippen molar-refractivity contribution in [3.63, 3.8) is 0 Å². The van der Waals surface area contributed by atoms with E-state index in [0.29, 0.717) is 6.54 Å². The van der Waals surface area contributed by atoms with Crippen molar-refractivity contribution in [1.29, 1.82) is 0 Å². The first-order valence-corrected chi connectivity index (χ1v) is 6.77. The molecule has 4 heteroatoms. The molecule has 1 aromatic carbocycles. The lowest BCUT2D eigenvalue weighted by Crippen LogP contribution is -2.29. The van der Waals surface area contributed by atoms with Gasteiger partial charge < -0.3 is 10.1 Å². The summed E-state index contributed by atoms with van der Waals surface area (Å²) in [5.41, 5.74) is 3.78. The van der Waals surface area contributed by atoms with E-state index in [1.54, 1.807) is 0 Å². The Morgan fingerprint density at radius 1 is 1.35 bits per heavy atom. The fourth-order valence-corrected chi connectivity index (χ4v) is 2.29. The molecule has 0 saturated carbocycles. The van der Waals surface area contributed by atoms with Gasteiger partial charge in [0.05, 0.1) is 7.11 Å². The van der Waals surface area contributed by atoms with Crippen molar-refractivity contribution < 1.29 is 9.53 Å². The maximum absolute atomic E-state index is 11.2. The minimum absolute atomic E-state index is 0.136. The van der Waals surface area contributed by atoms with Crippen LogP contribution in [0, 0.1) is 13.8 Å². The Kier molecular flexibility index (Phi) is 5.91. The van der Waals surface area contributed by atoms with Gasteiger partial charge in [-0.2, -0.15) is 0 Å². The minimum atomic E-state index is -0.182. The number of ether oxygens (including phenoxy) is 1. The normalized spacial score (nSPS) is 12.2. The molecule has 1 N–H and O–H groups in total. The van der Waals surface area contributed by atoms with E-state index < -0.39 is 0 Å². The first kappa shape index (κ1) is 14.4. The molecule has 1 unspecified atom stereocenters. The Hall–Kier alpha value is -0.620. The second kappa shape index (κ2) is 6.96. The van der Waals surface area contributed by atoms with Crippen molar-refractivity contribution in [2.24, 2.45) is 0 Å². The fraction of sp³-hybridized carbons (Fsp3) is 0.462. The van der Waals surface area contributed by atoms with E-state index in [9.17, 15) is 4.79 Å². The number of rotatable bonds is 5. The van der Waals surface area contributed by atoms with Gasteiger partial charge in [-0.15, -0.1) is 0 Å². The molecule has 3 nitrogen and oxygen atoms in total. The molecule has 0 fully saturated rings. The third-order valence-corrected chi connectivity index (χ3v) is 3.34. The average Bonchev–Trinajstić information content (AvgIpc) is 2.26. The van der Waals surface area contributed by atoms with Crippen molar-refractivity contribution in [2.75, 3.05) is 13.7 Å². The van der Waals surface area contributed by atoms with Crippen LogP contribution in [-0.4, -0.2) is 23.5 Å². The monoisotopic (exact) mass is 347 g/mol. The number of hydrogen-bond acceptors (Lipinski definition) is 3. The van der Waals surface area contributed by atoms with Crippen LogP contribution >= 0.6 is 22.6 Å². The van der Waals surface area contributed by atoms with Gasteiger partial charge in [0.15, 0.2) is 0 Å². The molecule has 0 aliphatic carbocycles. The topological polar surface area (TPSA) is 38.3 Å². The minimum Gasteiger partial charge on any atom is -0.468 e. The van der Waals surface area contributed by atoms with Crippen LogP contribution in [0.1, 0.15) is 16.7 Å². The average molecular weight is 347 g/mol. The number of alkyl halides is 1. The molecule has 0 heterocycles. The molecular weight excluding hydrogens is 329 g/mol. The first-order chi connectivity index (χ1) is 8.02. The summed E-state index contributed by atoms with van der Waals surface area (Å²) in [6, 6.07) is 6.46. The number of halogens is 1. The van der Waals surface area contributed by atoms with Crippen molar-refractivity contribution >= 4 is 28.6 Å². The third kappa shape index (κ3) is 5.04. The van der Waals surface area contributed by atoms with E-state index in [1.165, 1.54) is 23.8 Å². The summed E-state index contributed by atoms with van der Waals surface area (Å²) in [5, 5.41) is 3.26. The number of aryl methyl sites for hydroxylation is 2. The molecule has 1 rings (SSSR count). The zero-order valence-electron chi connectivity index (χ0n) is 10.4. The number of methoxy groups -OCH3 is 1. The first-order valence-electron chi connectivity index (χ1n) is 5.52. The van der Waals surface area contributed by atoms with Crippen LogP contribution < -0.4 is 5.32 Å². The Bertz CT molecular complexity index is 373. The van der Waals surface area contributed by atoms with Crippen LogP contribution in [0.15, 0.2) is 18.2 Å². The second-order valence-corrected chi connectivity index (χ2v) is 5.62. The van der Waals surface area contributed by atoms with Crippen molar-refractivity contribution in [3.05, 3.63) is 34.9 Å². The van der Waals surface area contributed by atoms with Crippen LogP contribution in [0.25, 0.3) is 0 Å². The quantitative estimate of drug-likeness (QED) is 0.505. The number of hydrogen-bond donors (Lipinski definition) is 1. The van der Waals surface area contributed by atoms with Gasteiger partial charge in [0.25, 0.3) is 0 Å². The predicted molar refractivity (Wildman–Crippen MR) is 77.4 cm³/mol. The molecule has 1 aromatic rings. The summed E-state index contributed by atoms with van der Waals surface area (Å²) in [7, 11) is 1.41. The summed E-state index contributed by atoms with van der Waals surface area (Å²) in [5.74, 6) is -0.182. The maximum atomic E-state index is 11.2. The molecule has 0 bridgehead atoms. The van der Waals surface area contributed by atoms with E-state index in [-0.39, 0.29) is 9.89 Å². The number of nitrogens with one attached hydrogen (secondary N) is 1. The highest BCUT2D eigenvalue weighted by Gasteiger charge is 2.13. The number of esters is 1. The maximum Gasteiger partial charge on any atom is 0.319 e. The fourth-order valence-electron chi connectivity index (χ4n) is 1.73. The number of benzene rings is 1. The van der Waals surface area contributed by atoms with Gasteiger partial charge in [-0.05, 0) is 19.4 Å². The van der Waals surface area contributed by atoms with E-state index in [1.807, 2.05) is 0 Å². The summed E-state index contributed by atoms with van der Waals surface area (Å²) in [4.78, 5) is 11.2. The predicted octanol–water partition coefficient (Wildman–Crippen LogP) is 2.37. The molecule has 0 saturated heterocycles. The zero-order valence-corrected chi connectivity index (χ0v) is 12.6. The molecule has 0 radical (unpaired) electrons. The number of carbonyl (C=O) groups excluding carboxylic acids is 1. The molecule has 0 aliphatic heterocycles. The van der Waals surface area contributed by atoms with Crippen LogP contribution in [0.3, 0.4) is 0 Å². The third-order valence-electron chi connectivity index (χ3n) is 2.39. The number of carbonyl (C=O) groups is 1. The Morgan fingerprint density at radius 2 is 1.94 bits per heavy atom. The lowest BCUT2D eigenvalue weighted by Gasteiger charge is -2.10. The van der Waals surface area contributed by atoms with Crippen LogP contribution in [-0.2, 0) is 16.1 Å². The van der Waals surface area contributed by atoms with Gasteiger partial charge in [-0.3, -0.25) is 4.79 Å². The lowest BCUT2D eigenvalue weighted by atomic mass is 10.1.